The third kappa shape index (κ3) is 5.45. The molecule has 1 aliphatic rings. The summed E-state index contributed by atoms with van der Waals surface area (Å²) < 4.78 is 22.4. The molecule has 1 aliphatic carbocycles. The van der Waals surface area contributed by atoms with Crippen molar-refractivity contribution in [3.63, 3.8) is 0 Å². The molecule has 0 radical (unpaired) electrons. The second-order valence-electron chi connectivity index (χ2n) is 8.75. The lowest BCUT2D eigenvalue weighted by Crippen LogP contribution is -2.23. The molecule has 0 saturated heterocycles. The summed E-state index contributed by atoms with van der Waals surface area (Å²) in [6.07, 6.45) is 3.96. The number of ether oxygens (including phenoxy) is 1. The summed E-state index contributed by atoms with van der Waals surface area (Å²) in [5, 5.41) is 13.7. The standard InChI is InChI=1S/C26H28ClFN2O3/c1-17-24(20-6-3-2-4-7-20)26(21-8-5-9-22(27)25(21)28)30(29-17)14-18-10-12-19(13-11-18)15-33-16-23(31)32/h2-9,18-19H,10-16H2,1H3,(H,31,32). The van der Waals surface area contributed by atoms with Crippen molar-refractivity contribution in [3.05, 3.63) is 65.1 Å². The Balaban J connectivity index is 1.59. The average molecular weight is 471 g/mol. The van der Waals surface area contributed by atoms with Gasteiger partial charge in [-0.2, -0.15) is 5.10 Å². The number of hydrogen-bond donors (Lipinski definition) is 1. The summed E-state index contributed by atoms with van der Waals surface area (Å²) in [4.78, 5) is 10.7. The highest BCUT2D eigenvalue weighted by molar-refractivity contribution is 6.31. The maximum Gasteiger partial charge on any atom is 0.329 e. The first kappa shape index (κ1) is 23.5. The molecule has 0 aliphatic heterocycles. The number of carbonyl (C=O) groups is 1. The van der Waals surface area contributed by atoms with Crippen molar-refractivity contribution in [1.29, 1.82) is 0 Å². The number of aromatic nitrogens is 2. The molecular weight excluding hydrogens is 443 g/mol. The zero-order valence-electron chi connectivity index (χ0n) is 18.6. The normalized spacial score (nSPS) is 18.4. The number of benzene rings is 2. The molecule has 0 spiro atoms. The van der Waals surface area contributed by atoms with Gasteiger partial charge in [0.15, 0.2) is 5.82 Å². The quantitative estimate of drug-likeness (QED) is 0.424. The van der Waals surface area contributed by atoms with Crippen LogP contribution in [0.2, 0.25) is 5.02 Å². The molecule has 1 aromatic heterocycles. The Kier molecular flexibility index (Phi) is 7.46. The number of hydrogen-bond acceptors (Lipinski definition) is 3. The van der Waals surface area contributed by atoms with Crippen molar-refractivity contribution in [2.75, 3.05) is 13.2 Å². The molecule has 4 rings (SSSR count). The summed E-state index contributed by atoms with van der Waals surface area (Å²) in [6, 6.07) is 15.0. The van der Waals surface area contributed by atoms with Crippen molar-refractivity contribution >= 4 is 17.6 Å². The monoisotopic (exact) mass is 470 g/mol. The van der Waals surface area contributed by atoms with Crippen molar-refractivity contribution in [1.82, 2.24) is 9.78 Å². The predicted molar refractivity (Wildman–Crippen MR) is 127 cm³/mol. The fourth-order valence-electron chi connectivity index (χ4n) is 4.76. The lowest BCUT2D eigenvalue weighted by atomic mass is 9.82. The van der Waals surface area contributed by atoms with E-state index in [0.29, 0.717) is 30.6 Å². The smallest absolute Gasteiger partial charge is 0.329 e. The van der Waals surface area contributed by atoms with Crippen LogP contribution in [0.25, 0.3) is 22.4 Å². The first-order valence-corrected chi connectivity index (χ1v) is 11.7. The maximum absolute atomic E-state index is 15.1. The molecule has 7 heteroatoms. The minimum atomic E-state index is -0.937. The highest BCUT2D eigenvalue weighted by Gasteiger charge is 2.26. The summed E-state index contributed by atoms with van der Waals surface area (Å²) in [5.74, 6) is -0.584. The van der Waals surface area contributed by atoms with Gasteiger partial charge in [-0.3, -0.25) is 4.68 Å². The summed E-state index contributed by atoms with van der Waals surface area (Å²) in [7, 11) is 0. The Morgan fingerprint density at radius 2 is 1.82 bits per heavy atom. The van der Waals surface area contributed by atoms with Gasteiger partial charge in [0.05, 0.1) is 23.0 Å². The number of carboxylic acid groups (broad SMARTS) is 1. The van der Waals surface area contributed by atoms with E-state index in [0.717, 1.165) is 48.2 Å². The molecule has 1 saturated carbocycles. The molecule has 0 bridgehead atoms. The van der Waals surface area contributed by atoms with Crippen LogP contribution in [0.4, 0.5) is 4.39 Å². The topological polar surface area (TPSA) is 64.4 Å². The average Bonchev–Trinajstić information content (AvgIpc) is 3.12. The summed E-state index contributed by atoms with van der Waals surface area (Å²) in [5.41, 5.74) is 3.98. The number of rotatable bonds is 8. The van der Waals surface area contributed by atoms with E-state index in [1.54, 1.807) is 18.2 Å². The first-order valence-electron chi connectivity index (χ1n) is 11.3. The van der Waals surface area contributed by atoms with Gasteiger partial charge >= 0.3 is 5.97 Å². The van der Waals surface area contributed by atoms with Gasteiger partial charge in [0.25, 0.3) is 0 Å². The van der Waals surface area contributed by atoms with Gasteiger partial charge in [0, 0.05) is 17.7 Å². The van der Waals surface area contributed by atoms with Crippen LogP contribution in [-0.2, 0) is 16.1 Å². The fraction of sp³-hybridized carbons (Fsp3) is 0.385. The summed E-state index contributed by atoms with van der Waals surface area (Å²) in [6.45, 7) is 2.89. The minimum absolute atomic E-state index is 0.0961. The van der Waals surface area contributed by atoms with Crippen LogP contribution in [0, 0.1) is 24.6 Å². The van der Waals surface area contributed by atoms with Gasteiger partial charge in [-0.05, 0) is 62.1 Å². The van der Waals surface area contributed by atoms with E-state index in [4.69, 9.17) is 26.5 Å². The van der Waals surface area contributed by atoms with Gasteiger partial charge in [-0.15, -0.1) is 0 Å². The number of nitrogens with zero attached hydrogens (tertiary/aromatic N) is 2. The third-order valence-corrected chi connectivity index (χ3v) is 6.67. The molecule has 3 aromatic rings. The second-order valence-corrected chi connectivity index (χ2v) is 9.16. The molecule has 0 amide bonds. The highest BCUT2D eigenvalue weighted by atomic mass is 35.5. The Bertz CT molecular complexity index is 1110. The van der Waals surface area contributed by atoms with Crippen molar-refractivity contribution in [2.24, 2.45) is 11.8 Å². The number of aliphatic carboxylic acids is 1. The van der Waals surface area contributed by atoms with Crippen molar-refractivity contribution in [3.8, 4) is 22.4 Å². The Labute approximate surface area is 198 Å². The molecule has 5 nitrogen and oxygen atoms in total. The zero-order chi connectivity index (χ0) is 23.4. The fourth-order valence-corrected chi connectivity index (χ4v) is 4.94. The maximum atomic E-state index is 15.1. The van der Waals surface area contributed by atoms with Gasteiger partial charge in [0.1, 0.15) is 6.61 Å². The zero-order valence-corrected chi connectivity index (χ0v) is 19.4. The van der Waals surface area contributed by atoms with Crippen LogP contribution >= 0.6 is 11.6 Å². The largest absolute Gasteiger partial charge is 0.480 e. The van der Waals surface area contributed by atoms with E-state index >= 15 is 4.39 Å². The molecule has 0 atom stereocenters. The number of aryl methyl sites for hydroxylation is 1. The van der Waals surface area contributed by atoms with Crippen molar-refractivity contribution in [2.45, 2.75) is 39.2 Å². The molecule has 1 N–H and O–H groups in total. The van der Waals surface area contributed by atoms with E-state index in [2.05, 4.69) is 0 Å². The molecule has 0 unspecified atom stereocenters. The lowest BCUT2D eigenvalue weighted by molar-refractivity contribution is -0.142. The third-order valence-electron chi connectivity index (χ3n) is 6.37. The highest BCUT2D eigenvalue weighted by Crippen LogP contribution is 2.39. The van der Waals surface area contributed by atoms with E-state index in [1.165, 1.54) is 0 Å². The number of carboxylic acids is 1. The Morgan fingerprint density at radius 1 is 1.12 bits per heavy atom. The van der Waals surface area contributed by atoms with E-state index in [1.807, 2.05) is 41.9 Å². The SMILES string of the molecule is Cc1nn(CC2CCC(COCC(=O)O)CC2)c(-c2cccc(Cl)c2F)c1-c1ccccc1. The van der Waals surface area contributed by atoms with Crippen LogP contribution in [-0.4, -0.2) is 34.1 Å². The second kappa shape index (κ2) is 10.5. The van der Waals surface area contributed by atoms with Gasteiger partial charge in [-0.25, -0.2) is 9.18 Å². The van der Waals surface area contributed by atoms with Crippen molar-refractivity contribution < 1.29 is 19.0 Å². The van der Waals surface area contributed by atoms with Crippen LogP contribution in [0.1, 0.15) is 31.4 Å². The van der Waals surface area contributed by atoms with Crippen LogP contribution in [0.15, 0.2) is 48.5 Å². The molecule has 1 fully saturated rings. The van der Waals surface area contributed by atoms with Crippen LogP contribution < -0.4 is 0 Å². The van der Waals surface area contributed by atoms with E-state index in [9.17, 15) is 4.79 Å². The van der Waals surface area contributed by atoms with E-state index < -0.39 is 11.8 Å². The molecule has 174 valence electrons. The minimum Gasteiger partial charge on any atom is -0.480 e. The molecular formula is C26H28ClFN2O3. The Hall–Kier alpha value is -2.70. The Morgan fingerprint density at radius 3 is 2.52 bits per heavy atom. The molecule has 33 heavy (non-hydrogen) atoms. The van der Waals surface area contributed by atoms with Gasteiger partial charge in [-0.1, -0.05) is 48.0 Å². The van der Waals surface area contributed by atoms with Crippen LogP contribution in [0.3, 0.4) is 0 Å². The lowest BCUT2D eigenvalue weighted by Gasteiger charge is -2.28. The number of halogens is 2. The van der Waals surface area contributed by atoms with Crippen LogP contribution in [0.5, 0.6) is 0 Å². The molecule has 2 aromatic carbocycles. The van der Waals surface area contributed by atoms with Gasteiger partial charge < -0.3 is 9.84 Å². The van der Waals surface area contributed by atoms with E-state index in [-0.39, 0.29) is 11.6 Å². The summed E-state index contributed by atoms with van der Waals surface area (Å²) >= 11 is 6.14. The van der Waals surface area contributed by atoms with Gasteiger partial charge in [0.2, 0.25) is 0 Å². The first-order chi connectivity index (χ1) is 15.9. The molecule has 1 heterocycles. The predicted octanol–water partition coefficient (Wildman–Crippen LogP) is 6.23.